The Hall–Kier alpha value is -2.32. The number of nitrogens with zero attached hydrogens (tertiary/aromatic N) is 4. The predicted molar refractivity (Wildman–Crippen MR) is 72.3 cm³/mol. The fourth-order valence-electron chi connectivity index (χ4n) is 2.27. The van der Waals surface area contributed by atoms with E-state index in [-0.39, 0.29) is 18.6 Å². The summed E-state index contributed by atoms with van der Waals surface area (Å²) in [5.41, 5.74) is 1.28. The van der Waals surface area contributed by atoms with Crippen LogP contribution in [0.25, 0.3) is 11.4 Å². The van der Waals surface area contributed by atoms with Crippen molar-refractivity contribution in [2.75, 3.05) is 26.3 Å². The van der Waals surface area contributed by atoms with Crippen LogP contribution in [-0.2, 0) is 4.74 Å². The first-order valence-electron chi connectivity index (χ1n) is 6.63. The Morgan fingerprint density at radius 3 is 3.19 bits per heavy atom. The highest BCUT2D eigenvalue weighted by Gasteiger charge is 2.24. The number of carbonyl (C=O) groups is 1. The van der Waals surface area contributed by atoms with E-state index in [0.717, 1.165) is 5.56 Å². The quantitative estimate of drug-likeness (QED) is 0.804. The van der Waals surface area contributed by atoms with E-state index in [1.165, 1.54) is 0 Å². The molecule has 0 radical (unpaired) electrons. The van der Waals surface area contributed by atoms with Crippen LogP contribution in [0.4, 0.5) is 0 Å². The molecule has 1 fully saturated rings. The van der Waals surface area contributed by atoms with Crippen molar-refractivity contribution in [1.82, 2.24) is 25.5 Å². The lowest BCUT2D eigenvalue weighted by Gasteiger charge is -2.32. The lowest BCUT2D eigenvalue weighted by molar-refractivity contribution is -0.0447. The molecular formula is C13H15N5O3. The molecule has 1 amide bonds. The lowest BCUT2D eigenvalue weighted by Crippen LogP contribution is -2.46. The van der Waals surface area contributed by atoms with Gasteiger partial charge in [0.15, 0.2) is 0 Å². The Bertz CT molecular complexity index is 616. The number of aromatic nitrogens is 4. The Morgan fingerprint density at radius 2 is 2.43 bits per heavy atom. The Kier molecular flexibility index (Phi) is 3.89. The van der Waals surface area contributed by atoms with Gasteiger partial charge in [-0.05, 0) is 17.3 Å². The van der Waals surface area contributed by atoms with E-state index >= 15 is 0 Å². The van der Waals surface area contributed by atoms with E-state index in [0.29, 0.717) is 31.1 Å². The molecule has 2 N–H and O–H groups in total. The van der Waals surface area contributed by atoms with Crippen LogP contribution >= 0.6 is 0 Å². The maximum Gasteiger partial charge on any atom is 0.254 e. The number of rotatable bonds is 3. The standard InChI is InChI=1S/C13H15N5O3/c19-8-11-7-18(4-5-21-11)13(20)10-3-1-2-9(6-10)12-14-16-17-15-12/h1-3,6,11,19H,4-5,7-8H2,(H,14,15,16,17). The molecule has 2 heterocycles. The largest absolute Gasteiger partial charge is 0.394 e. The van der Waals surface area contributed by atoms with Crippen molar-refractivity contribution < 1.29 is 14.6 Å². The van der Waals surface area contributed by atoms with Gasteiger partial charge >= 0.3 is 0 Å². The first-order valence-corrected chi connectivity index (χ1v) is 6.63. The van der Waals surface area contributed by atoms with Crippen molar-refractivity contribution in [3.05, 3.63) is 29.8 Å². The molecule has 1 aromatic heterocycles. The molecule has 8 nitrogen and oxygen atoms in total. The van der Waals surface area contributed by atoms with E-state index < -0.39 is 0 Å². The number of aromatic amines is 1. The van der Waals surface area contributed by atoms with Gasteiger partial charge in [0.25, 0.3) is 5.91 Å². The van der Waals surface area contributed by atoms with Crippen LogP contribution in [-0.4, -0.2) is 68.9 Å². The molecule has 2 aromatic rings. The molecule has 1 aliphatic heterocycles. The summed E-state index contributed by atoms with van der Waals surface area (Å²) in [5.74, 6) is 0.349. The monoisotopic (exact) mass is 289 g/mol. The second-order valence-electron chi connectivity index (χ2n) is 4.74. The lowest BCUT2D eigenvalue weighted by atomic mass is 10.1. The molecule has 3 rings (SSSR count). The van der Waals surface area contributed by atoms with Crippen molar-refractivity contribution in [2.24, 2.45) is 0 Å². The van der Waals surface area contributed by atoms with Crippen LogP contribution in [0.5, 0.6) is 0 Å². The molecule has 21 heavy (non-hydrogen) atoms. The number of hydrogen-bond acceptors (Lipinski definition) is 6. The normalized spacial score (nSPS) is 18.7. The van der Waals surface area contributed by atoms with Crippen LogP contribution in [0.1, 0.15) is 10.4 Å². The number of tetrazole rings is 1. The predicted octanol–water partition coefficient (Wildman–Crippen LogP) is -0.300. The molecule has 1 aromatic carbocycles. The average Bonchev–Trinajstić information content (AvgIpc) is 3.09. The maximum absolute atomic E-state index is 12.5. The highest BCUT2D eigenvalue weighted by atomic mass is 16.5. The SMILES string of the molecule is O=C(c1cccc(-c2nn[nH]n2)c1)N1CCOC(CO)C1. The number of carbonyl (C=O) groups excluding carboxylic acids is 1. The van der Waals surface area contributed by atoms with Crippen molar-refractivity contribution >= 4 is 5.91 Å². The molecule has 1 aliphatic rings. The second kappa shape index (κ2) is 5.98. The summed E-state index contributed by atoms with van der Waals surface area (Å²) < 4.78 is 5.35. The summed E-state index contributed by atoms with van der Waals surface area (Å²) in [5, 5.41) is 22.8. The summed E-state index contributed by atoms with van der Waals surface area (Å²) >= 11 is 0. The minimum Gasteiger partial charge on any atom is -0.394 e. The van der Waals surface area contributed by atoms with E-state index in [2.05, 4.69) is 20.6 Å². The molecule has 1 unspecified atom stereocenters. The molecule has 110 valence electrons. The van der Waals surface area contributed by atoms with Gasteiger partial charge in [0.2, 0.25) is 5.82 Å². The molecule has 8 heteroatoms. The molecule has 0 spiro atoms. The van der Waals surface area contributed by atoms with Crippen LogP contribution < -0.4 is 0 Å². The highest BCUT2D eigenvalue weighted by molar-refractivity contribution is 5.95. The smallest absolute Gasteiger partial charge is 0.254 e. The van der Waals surface area contributed by atoms with Gasteiger partial charge < -0.3 is 14.7 Å². The topological polar surface area (TPSA) is 104 Å². The number of benzene rings is 1. The highest BCUT2D eigenvalue weighted by Crippen LogP contribution is 2.17. The van der Waals surface area contributed by atoms with Gasteiger partial charge in [0.1, 0.15) is 0 Å². The molecule has 0 aliphatic carbocycles. The third-order valence-electron chi connectivity index (χ3n) is 3.34. The van der Waals surface area contributed by atoms with Crippen molar-refractivity contribution in [1.29, 1.82) is 0 Å². The zero-order valence-corrected chi connectivity index (χ0v) is 11.3. The second-order valence-corrected chi connectivity index (χ2v) is 4.74. The Morgan fingerprint density at radius 1 is 1.52 bits per heavy atom. The number of aliphatic hydroxyl groups excluding tert-OH is 1. The summed E-state index contributed by atoms with van der Waals surface area (Å²) in [6.45, 7) is 1.25. The zero-order chi connectivity index (χ0) is 14.7. The van der Waals surface area contributed by atoms with Gasteiger partial charge in [-0.15, -0.1) is 10.2 Å². The molecule has 0 saturated carbocycles. The maximum atomic E-state index is 12.5. The minimum absolute atomic E-state index is 0.0906. The van der Waals surface area contributed by atoms with Gasteiger partial charge in [-0.3, -0.25) is 4.79 Å². The van der Waals surface area contributed by atoms with Gasteiger partial charge in [-0.25, -0.2) is 0 Å². The summed E-state index contributed by atoms with van der Waals surface area (Å²) in [4.78, 5) is 14.2. The summed E-state index contributed by atoms with van der Waals surface area (Å²) in [6, 6.07) is 7.08. The first kappa shape index (κ1) is 13.7. The fourth-order valence-corrected chi connectivity index (χ4v) is 2.27. The average molecular weight is 289 g/mol. The van der Waals surface area contributed by atoms with Crippen LogP contribution in [0.15, 0.2) is 24.3 Å². The first-order chi connectivity index (χ1) is 10.3. The molecule has 1 saturated heterocycles. The Labute approximate surface area is 120 Å². The van der Waals surface area contributed by atoms with E-state index in [4.69, 9.17) is 9.84 Å². The fraction of sp³-hybridized carbons (Fsp3) is 0.385. The van der Waals surface area contributed by atoms with Crippen LogP contribution in [0.2, 0.25) is 0 Å². The number of ether oxygens (including phenoxy) is 1. The number of H-pyrrole nitrogens is 1. The summed E-state index contributed by atoms with van der Waals surface area (Å²) in [7, 11) is 0. The Balaban J connectivity index is 1.80. The third-order valence-corrected chi connectivity index (χ3v) is 3.34. The van der Waals surface area contributed by atoms with E-state index in [1.807, 2.05) is 6.07 Å². The van der Waals surface area contributed by atoms with Gasteiger partial charge in [-0.2, -0.15) is 5.21 Å². The number of aliphatic hydroxyl groups is 1. The van der Waals surface area contributed by atoms with Crippen molar-refractivity contribution in [3.63, 3.8) is 0 Å². The number of morpholine rings is 1. The van der Waals surface area contributed by atoms with Crippen LogP contribution in [0, 0.1) is 0 Å². The van der Waals surface area contributed by atoms with Gasteiger partial charge in [-0.1, -0.05) is 12.1 Å². The van der Waals surface area contributed by atoms with E-state index in [9.17, 15) is 4.79 Å². The van der Waals surface area contributed by atoms with Crippen molar-refractivity contribution in [3.8, 4) is 11.4 Å². The number of hydrogen-bond donors (Lipinski definition) is 2. The van der Waals surface area contributed by atoms with Crippen molar-refractivity contribution in [2.45, 2.75) is 6.10 Å². The number of nitrogens with one attached hydrogen (secondary N) is 1. The molecular weight excluding hydrogens is 274 g/mol. The molecule has 1 atom stereocenters. The van der Waals surface area contributed by atoms with Crippen LogP contribution in [0.3, 0.4) is 0 Å². The molecule has 0 bridgehead atoms. The van der Waals surface area contributed by atoms with Gasteiger partial charge in [0, 0.05) is 24.2 Å². The summed E-state index contributed by atoms with van der Waals surface area (Å²) in [6.07, 6.45) is -0.317. The number of amides is 1. The van der Waals surface area contributed by atoms with E-state index in [1.54, 1.807) is 23.1 Å². The minimum atomic E-state index is -0.317. The zero-order valence-electron chi connectivity index (χ0n) is 11.3. The third kappa shape index (κ3) is 2.91. The van der Waals surface area contributed by atoms with Gasteiger partial charge in [0.05, 0.1) is 19.3 Å².